The molecule has 0 rings (SSSR count). The standard InChI is InChI=1S/C24H26O3/c1-2-3-4-5-6-7-8-9-10-11-12-13-14-15-16-17-18-19-20-21-22-23(25)24(26)27/h1,3-4,23,25H,5-7,14-20H2,(H,26,27). The van der Waals surface area contributed by atoms with E-state index < -0.39 is 12.1 Å². The Labute approximate surface area is 163 Å². The largest absolute Gasteiger partial charge is 0.479 e. The molecule has 0 bridgehead atoms. The Balaban J connectivity index is 3.57. The monoisotopic (exact) mass is 362 g/mol. The van der Waals surface area contributed by atoms with E-state index in [9.17, 15) is 4.79 Å². The van der Waals surface area contributed by atoms with Crippen molar-refractivity contribution in [3.05, 3.63) is 12.2 Å². The van der Waals surface area contributed by atoms with Gasteiger partial charge in [0.1, 0.15) is 0 Å². The maximum absolute atomic E-state index is 10.3. The van der Waals surface area contributed by atoms with Crippen molar-refractivity contribution in [3.63, 3.8) is 0 Å². The van der Waals surface area contributed by atoms with Gasteiger partial charge in [-0.1, -0.05) is 54.9 Å². The van der Waals surface area contributed by atoms with E-state index in [1.54, 1.807) is 6.08 Å². The number of aliphatic hydroxyl groups excluding tert-OH is 1. The molecule has 0 aromatic carbocycles. The summed E-state index contributed by atoms with van der Waals surface area (Å²) in [5.41, 5.74) is 0. The van der Waals surface area contributed by atoms with Gasteiger partial charge in [-0.2, -0.15) is 0 Å². The smallest absolute Gasteiger partial charge is 0.345 e. The first-order valence-electron chi connectivity index (χ1n) is 9.14. The summed E-state index contributed by atoms with van der Waals surface area (Å²) in [5.74, 6) is 23.2. The third-order valence-electron chi connectivity index (χ3n) is 3.33. The Morgan fingerprint density at radius 3 is 2.00 bits per heavy atom. The Morgan fingerprint density at radius 1 is 0.852 bits per heavy atom. The van der Waals surface area contributed by atoms with Crippen LogP contribution in [0.25, 0.3) is 0 Å². The zero-order valence-corrected chi connectivity index (χ0v) is 15.7. The second-order valence-corrected chi connectivity index (χ2v) is 5.64. The van der Waals surface area contributed by atoms with E-state index in [2.05, 4.69) is 53.3 Å². The van der Waals surface area contributed by atoms with Crippen LogP contribution in [0.3, 0.4) is 0 Å². The highest BCUT2D eigenvalue weighted by atomic mass is 16.4. The second-order valence-electron chi connectivity index (χ2n) is 5.64. The first-order chi connectivity index (χ1) is 13.2. The lowest BCUT2D eigenvalue weighted by Crippen LogP contribution is -2.16. The quantitative estimate of drug-likeness (QED) is 0.462. The topological polar surface area (TPSA) is 57.5 Å². The molecule has 0 spiro atoms. The maximum atomic E-state index is 10.3. The molecule has 2 N–H and O–H groups in total. The second kappa shape index (κ2) is 19.3. The van der Waals surface area contributed by atoms with E-state index in [4.69, 9.17) is 16.6 Å². The summed E-state index contributed by atoms with van der Waals surface area (Å²) < 4.78 is 0. The zero-order chi connectivity index (χ0) is 20.0. The maximum Gasteiger partial charge on any atom is 0.345 e. The Bertz CT molecular complexity index is 737. The van der Waals surface area contributed by atoms with Gasteiger partial charge in [0, 0.05) is 19.3 Å². The van der Waals surface area contributed by atoms with Crippen LogP contribution in [0, 0.1) is 59.7 Å². The molecule has 1 atom stereocenters. The zero-order valence-electron chi connectivity index (χ0n) is 15.7. The molecule has 0 aromatic rings. The Morgan fingerprint density at radius 2 is 1.41 bits per heavy atom. The lowest BCUT2D eigenvalue weighted by Gasteiger charge is -1.96. The summed E-state index contributed by atoms with van der Waals surface area (Å²) in [6, 6.07) is 0. The van der Waals surface area contributed by atoms with Crippen molar-refractivity contribution in [2.45, 2.75) is 70.3 Å². The summed E-state index contributed by atoms with van der Waals surface area (Å²) >= 11 is 0. The summed E-state index contributed by atoms with van der Waals surface area (Å²) in [4.78, 5) is 10.3. The van der Waals surface area contributed by atoms with Gasteiger partial charge >= 0.3 is 5.97 Å². The molecule has 0 aliphatic rings. The highest BCUT2D eigenvalue weighted by Gasteiger charge is 2.06. The number of hydrogen-bond acceptors (Lipinski definition) is 2. The van der Waals surface area contributed by atoms with Crippen LogP contribution in [0.5, 0.6) is 0 Å². The minimum Gasteiger partial charge on any atom is -0.479 e. The van der Waals surface area contributed by atoms with Crippen LogP contribution in [0.2, 0.25) is 0 Å². The van der Waals surface area contributed by atoms with Crippen molar-refractivity contribution in [2.75, 3.05) is 0 Å². The van der Waals surface area contributed by atoms with E-state index >= 15 is 0 Å². The van der Waals surface area contributed by atoms with Crippen molar-refractivity contribution in [1.82, 2.24) is 0 Å². The van der Waals surface area contributed by atoms with Crippen LogP contribution in [-0.2, 0) is 4.79 Å². The summed E-state index contributed by atoms with van der Waals surface area (Å²) in [5, 5.41) is 17.4. The van der Waals surface area contributed by atoms with Gasteiger partial charge in [0.05, 0.1) is 0 Å². The number of hydrogen-bond donors (Lipinski definition) is 2. The average molecular weight is 362 g/mol. The van der Waals surface area contributed by atoms with E-state index in [0.29, 0.717) is 6.42 Å². The predicted octanol–water partition coefficient (Wildman–Crippen LogP) is 3.54. The number of aliphatic hydroxyl groups is 1. The van der Waals surface area contributed by atoms with Crippen LogP contribution in [0.15, 0.2) is 12.2 Å². The average Bonchev–Trinajstić information content (AvgIpc) is 2.66. The fraction of sp³-hybridized carbons (Fsp3) is 0.458. The summed E-state index contributed by atoms with van der Waals surface area (Å²) in [6.45, 7) is 0. The van der Waals surface area contributed by atoms with Crippen molar-refractivity contribution < 1.29 is 15.0 Å². The molecule has 140 valence electrons. The molecule has 0 amide bonds. The van der Waals surface area contributed by atoms with Crippen LogP contribution in [0.4, 0.5) is 0 Å². The molecule has 3 nitrogen and oxygen atoms in total. The molecule has 0 saturated carbocycles. The number of aliphatic carboxylic acids is 1. The minimum atomic E-state index is -1.57. The van der Waals surface area contributed by atoms with Gasteiger partial charge in [0.25, 0.3) is 0 Å². The van der Waals surface area contributed by atoms with Gasteiger partial charge in [-0.3, -0.25) is 0 Å². The Hall–Kier alpha value is -3.03. The molecule has 0 heterocycles. The van der Waals surface area contributed by atoms with Gasteiger partial charge in [-0.05, 0) is 55.4 Å². The first-order valence-corrected chi connectivity index (χ1v) is 9.14. The van der Waals surface area contributed by atoms with Crippen LogP contribution < -0.4 is 0 Å². The normalized spacial score (nSPS) is 9.93. The number of allylic oxidation sites excluding steroid dienone is 2. The Kier molecular flexibility index (Phi) is 17.1. The molecule has 0 aromatic heterocycles. The van der Waals surface area contributed by atoms with Gasteiger partial charge in [-0.15, -0.1) is 6.42 Å². The number of rotatable bonds is 10. The molecule has 0 fully saturated rings. The number of carboxylic acid groups (broad SMARTS) is 1. The molecular formula is C24H26O3. The summed E-state index contributed by atoms with van der Waals surface area (Å²) in [6.07, 6.45) is 16.5. The van der Waals surface area contributed by atoms with Crippen molar-refractivity contribution in [3.8, 4) is 59.7 Å². The predicted molar refractivity (Wildman–Crippen MR) is 109 cm³/mol. The van der Waals surface area contributed by atoms with E-state index in [1.165, 1.54) is 0 Å². The van der Waals surface area contributed by atoms with E-state index in [0.717, 1.165) is 57.8 Å². The number of terminal acetylenes is 1. The van der Waals surface area contributed by atoms with Crippen molar-refractivity contribution in [1.29, 1.82) is 0 Å². The van der Waals surface area contributed by atoms with Gasteiger partial charge < -0.3 is 10.2 Å². The molecule has 1 unspecified atom stereocenters. The number of carbonyl (C=O) groups is 1. The molecule has 0 aliphatic heterocycles. The highest BCUT2D eigenvalue weighted by molar-refractivity contribution is 5.75. The SMILES string of the molecule is C#CC=CCCCC#CC#CC#CCCCCCCCC#CC(O)C(=O)O. The summed E-state index contributed by atoms with van der Waals surface area (Å²) in [7, 11) is 0. The molecule has 0 radical (unpaired) electrons. The third kappa shape index (κ3) is 19.1. The fourth-order valence-corrected chi connectivity index (χ4v) is 1.92. The molecule has 27 heavy (non-hydrogen) atoms. The van der Waals surface area contributed by atoms with Gasteiger partial charge in [0.2, 0.25) is 6.10 Å². The number of unbranched alkanes of at least 4 members (excludes halogenated alkanes) is 8. The van der Waals surface area contributed by atoms with Crippen LogP contribution in [-0.4, -0.2) is 22.3 Å². The third-order valence-corrected chi connectivity index (χ3v) is 3.33. The van der Waals surface area contributed by atoms with Crippen molar-refractivity contribution in [2.24, 2.45) is 0 Å². The minimum absolute atomic E-state index is 0.613. The lowest BCUT2D eigenvalue weighted by atomic mass is 10.1. The van der Waals surface area contributed by atoms with Gasteiger partial charge in [0.15, 0.2) is 0 Å². The first kappa shape index (κ1) is 24.0. The molecule has 0 saturated heterocycles. The fourth-order valence-electron chi connectivity index (χ4n) is 1.92. The molecule has 3 heteroatoms. The highest BCUT2D eigenvalue weighted by Crippen LogP contribution is 2.06. The van der Waals surface area contributed by atoms with E-state index in [-0.39, 0.29) is 0 Å². The lowest BCUT2D eigenvalue weighted by molar-refractivity contribution is -0.143. The van der Waals surface area contributed by atoms with Crippen molar-refractivity contribution >= 4 is 5.97 Å². The van der Waals surface area contributed by atoms with Crippen LogP contribution in [0.1, 0.15) is 64.2 Å². The van der Waals surface area contributed by atoms with E-state index in [1.807, 2.05) is 6.08 Å². The molecular weight excluding hydrogens is 336 g/mol. The number of carboxylic acids is 1. The molecule has 0 aliphatic carbocycles. The van der Waals surface area contributed by atoms with Gasteiger partial charge in [-0.25, -0.2) is 4.79 Å². The van der Waals surface area contributed by atoms with Crippen LogP contribution >= 0.6 is 0 Å².